The van der Waals surface area contributed by atoms with Gasteiger partial charge in [-0.05, 0) is 32.1 Å². The van der Waals surface area contributed by atoms with Crippen LogP contribution in [0.15, 0.2) is 42.9 Å². The number of carbonyl (C=O) groups excluding carboxylic acids is 1. The van der Waals surface area contributed by atoms with Gasteiger partial charge < -0.3 is 20.5 Å². The molecule has 0 aliphatic heterocycles. The lowest BCUT2D eigenvalue weighted by atomic mass is 10.1. The summed E-state index contributed by atoms with van der Waals surface area (Å²) in [6, 6.07) is 9.92. The van der Waals surface area contributed by atoms with Crippen molar-refractivity contribution in [2.24, 2.45) is 0 Å². The van der Waals surface area contributed by atoms with Gasteiger partial charge in [-0.1, -0.05) is 18.2 Å². The molecule has 0 aliphatic rings. The number of hydrogen-bond donors (Lipinski definition) is 3. The number of fused-ring (bicyclic) bond motifs is 1. The minimum atomic E-state index is -0.186. The van der Waals surface area contributed by atoms with Crippen LogP contribution >= 0.6 is 0 Å². The molecular formula is C19H24N6O. The number of H-pyrrole nitrogens is 1. The summed E-state index contributed by atoms with van der Waals surface area (Å²) < 4.78 is 0. The Morgan fingerprint density at radius 3 is 2.88 bits per heavy atom. The van der Waals surface area contributed by atoms with Crippen LogP contribution in [0.5, 0.6) is 0 Å². The summed E-state index contributed by atoms with van der Waals surface area (Å²) in [5.41, 5.74) is 2.76. The first kappa shape index (κ1) is 17.9. The molecule has 0 radical (unpaired) electrons. The van der Waals surface area contributed by atoms with Crippen molar-refractivity contribution < 1.29 is 4.79 Å². The molecule has 0 unspecified atom stereocenters. The molecule has 7 heteroatoms. The van der Waals surface area contributed by atoms with Gasteiger partial charge in [-0.3, -0.25) is 4.79 Å². The van der Waals surface area contributed by atoms with E-state index in [0.29, 0.717) is 18.1 Å². The minimum Gasteiger partial charge on any atom is -0.370 e. The predicted molar refractivity (Wildman–Crippen MR) is 103 cm³/mol. The number of likely N-dealkylation sites (N-methyl/N-ethyl adjacent to an activating group) is 1. The number of para-hydroxylation sites is 1. The number of hydrogen-bond acceptors (Lipinski definition) is 5. The SMILES string of the molecule is CN(C)CCNC(=O)c1cc(NCCc2c[nH]c3ccccc23)ncn1. The highest BCUT2D eigenvalue weighted by molar-refractivity contribution is 5.92. The van der Waals surface area contributed by atoms with Crippen LogP contribution in [-0.4, -0.2) is 59.5 Å². The van der Waals surface area contributed by atoms with E-state index in [2.05, 4.69) is 37.7 Å². The molecule has 1 amide bonds. The third-order valence-electron chi connectivity index (χ3n) is 4.12. The number of nitrogens with one attached hydrogen (secondary N) is 3. The van der Waals surface area contributed by atoms with E-state index < -0.39 is 0 Å². The van der Waals surface area contributed by atoms with Gasteiger partial charge in [-0.25, -0.2) is 9.97 Å². The normalized spacial score (nSPS) is 11.0. The van der Waals surface area contributed by atoms with Crippen LogP contribution in [0.4, 0.5) is 5.82 Å². The molecule has 0 aliphatic carbocycles. The van der Waals surface area contributed by atoms with E-state index in [1.54, 1.807) is 6.07 Å². The number of amides is 1. The highest BCUT2D eigenvalue weighted by atomic mass is 16.1. The molecule has 2 heterocycles. The van der Waals surface area contributed by atoms with Crippen LogP contribution in [0.25, 0.3) is 10.9 Å². The van der Waals surface area contributed by atoms with Crippen molar-refractivity contribution in [3.63, 3.8) is 0 Å². The second kappa shape index (κ2) is 8.44. The van der Waals surface area contributed by atoms with Crippen molar-refractivity contribution in [3.05, 3.63) is 54.1 Å². The molecule has 7 nitrogen and oxygen atoms in total. The lowest BCUT2D eigenvalue weighted by Crippen LogP contribution is -2.31. The van der Waals surface area contributed by atoms with Crippen molar-refractivity contribution in [2.45, 2.75) is 6.42 Å². The van der Waals surface area contributed by atoms with Gasteiger partial charge in [0.2, 0.25) is 0 Å². The van der Waals surface area contributed by atoms with Crippen LogP contribution in [0.3, 0.4) is 0 Å². The zero-order chi connectivity index (χ0) is 18.4. The molecule has 2 aromatic heterocycles. The number of rotatable bonds is 8. The Hall–Kier alpha value is -2.93. The molecule has 0 fully saturated rings. The van der Waals surface area contributed by atoms with E-state index >= 15 is 0 Å². The first-order valence-corrected chi connectivity index (χ1v) is 8.67. The van der Waals surface area contributed by atoms with Crippen molar-refractivity contribution in [1.82, 2.24) is 25.2 Å². The van der Waals surface area contributed by atoms with Crippen molar-refractivity contribution in [1.29, 1.82) is 0 Å². The number of anilines is 1. The Kier molecular flexibility index (Phi) is 5.80. The maximum atomic E-state index is 12.1. The van der Waals surface area contributed by atoms with E-state index in [1.807, 2.05) is 37.3 Å². The smallest absolute Gasteiger partial charge is 0.270 e. The van der Waals surface area contributed by atoms with Crippen LogP contribution in [-0.2, 0) is 6.42 Å². The Labute approximate surface area is 152 Å². The summed E-state index contributed by atoms with van der Waals surface area (Å²) in [6.45, 7) is 2.09. The van der Waals surface area contributed by atoms with Crippen LogP contribution in [0, 0.1) is 0 Å². The highest BCUT2D eigenvalue weighted by Gasteiger charge is 2.08. The highest BCUT2D eigenvalue weighted by Crippen LogP contribution is 2.18. The van der Waals surface area contributed by atoms with E-state index in [-0.39, 0.29) is 5.91 Å². The predicted octanol–water partition coefficient (Wildman–Crippen LogP) is 1.90. The van der Waals surface area contributed by atoms with Crippen LogP contribution in [0.2, 0.25) is 0 Å². The van der Waals surface area contributed by atoms with E-state index in [9.17, 15) is 4.79 Å². The van der Waals surface area contributed by atoms with Gasteiger partial charge in [0.15, 0.2) is 0 Å². The molecule has 0 atom stereocenters. The van der Waals surface area contributed by atoms with Crippen molar-refractivity contribution in [3.8, 4) is 0 Å². The number of aromatic nitrogens is 3. The topological polar surface area (TPSA) is 85.9 Å². The Morgan fingerprint density at radius 2 is 2.04 bits per heavy atom. The zero-order valence-corrected chi connectivity index (χ0v) is 15.1. The summed E-state index contributed by atoms with van der Waals surface area (Å²) in [7, 11) is 3.93. The van der Waals surface area contributed by atoms with Gasteiger partial charge in [0.05, 0.1) is 0 Å². The fourth-order valence-electron chi connectivity index (χ4n) is 2.73. The van der Waals surface area contributed by atoms with Gasteiger partial charge >= 0.3 is 0 Å². The molecule has 3 N–H and O–H groups in total. The van der Waals surface area contributed by atoms with E-state index in [0.717, 1.165) is 25.0 Å². The molecule has 26 heavy (non-hydrogen) atoms. The van der Waals surface area contributed by atoms with Crippen LogP contribution in [0.1, 0.15) is 16.1 Å². The third-order valence-corrected chi connectivity index (χ3v) is 4.12. The summed E-state index contributed by atoms with van der Waals surface area (Å²) in [4.78, 5) is 25.7. The standard InChI is InChI=1S/C19H24N6O/c1-25(2)10-9-21-19(26)17-11-18(24-13-23-17)20-8-7-14-12-22-16-6-4-3-5-15(14)16/h3-6,11-13,22H,7-10H2,1-2H3,(H,21,26)(H,20,23,24). The fourth-order valence-corrected chi connectivity index (χ4v) is 2.73. The average Bonchev–Trinajstić information content (AvgIpc) is 3.05. The molecule has 0 spiro atoms. The quantitative estimate of drug-likeness (QED) is 0.576. The summed E-state index contributed by atoms with van der Waals surface area (Å²) >= 11 is 0. The first-order valence-electron chi connectivity index (χ1n) is 8.67. The van der Waals surface area contributed by atoms with Crippen LogP contribution < -0.4 is 10.6 Å². The number of aromatic amines is 1. The molecule has 0 bridgehead atoms. The second-order valence-corrected chi connectivity index (χ2v) is 6.38. The Balaban J connectivity index is 1.54. The molecule has 1 aromatic carbocycles. The van der Waals surface area contributed by atoms with E-state index in [1.165, 1.54) is 17.3 Å². The number of carbonyl (C=O) groups is 1. The fraction of sp³-hybridized carbons (Fsp3) is 0.316. The largest absolute Gasteiger partial charge is 0.370 e. The van der Waals surface area contributed by atoms with Gasteiger partial charge in [0.1, 0.15) is 17.8 Å². The maximum absolute atomic E-state index is 12.1. The second-order valence-electron chi connectivity index (χ2n) is 6.38. The molecule has 3 rings (SSSR count). The third kappa shape index (κ3) is 4.58. The van der Waals surface area contributed by atoms with Gasteiger partial charge in [-0.2, -0.15) is 0 Å². The Bertz CT molecular complexity index is 873. The van der Waals surface area contributed by atoms with Gasteiger partial charge in [-0.15, -0.1) is 0 Å². The lowest BCUT2D eigenvalue weighted by molar-refractivity contribution is 0.0946. The Morgan fingerprint density at radius 1 is 1.19 bits per heavy atom. The molecule has 3 aromatic rings. The first-order chi connectivity index (χ1) is 12.6. The maximum Gasteiger partial charge on any atom is 0.270 e. The molecular weight excluding hydrogens is 328 g/mol. The number of benzene rings is 1. The monoisotopic (exact) mass is 352 g/mol. The van der Waals surface area contributed by atoms with Gasteiger partial charge in [0, 0.05) is 42.8 Å². The summed E-state index contributed by atoms with van der Waals surface area (Å²) in [5.74, 6) is 0.464. The number of nitrogens with zero attached hydrogens (tertiary/aromatic N) is 3. The molecule has 0 saturated carbocycles. The minimum absolute atomic E-state index is 0.186. The van der Waals surface area contributed by atoms with Gasteiger partial charge in [0.25, 0.3) is 5.91 Å². The lowest BCUT2D eigenvalue weighted by Gasteiger charge is -2.10. The van der Waals surface area contributed by atoms with Crippen molar-refractivity contribution >= 4 is 22.6 Å². The van der Waals surface area contributed by atoms with E-state index in [4.69, 9.17) is 0 Å². The van der Waals surface area contributed by atoms with Crippen molar-refractivity contribution in [2.75, 3.05) is 39.0 Å². The molecule has 136 valence electrons. The zero-order valence-electron chi connectivity index (χ0n) is 15.1. The summed E-state index contributed by atoms with van der Waals surface area (Å²) in [5, 5.41) is 7.35. The average molecular weight is 352 g/mol. The molecule has 0 saturated heterocycles. The summed E-state index contributed by atoms with van der Waals surface area (Å²) in [6.07, 6.45) is 4.31.